The minimum absolute atomic E-state index is 0.0619. The van der Waals surface area contributed by atoms with Crippen molar-refractivity contribution in [3.63, 3.8) is 0 Å². The van der Waals surface area contributed by atoms with Crippen LogP contribution >= 0.6 is 0 Å². The number of hydrogen-bond acceptors (Lipinski definition) is 8. The average Bonchev–Trinajstić information content (AvgIpc) is 3.84. The molecule has 0 saturated carbocycles. The van der Waals surface area contributed by atoms with E-state index in [1.54, 1.807) is 42.8 Å². The summed E-state index contributed by atoms with van der Waals surface area (Å²) in [6.45, 7) is 4.17. The fourth-order valence-electron chi connectivity index (χ4n) is 9.15. The number of rotatable bonds is 7. The van der Waals surface area contributed by atoms with Crippen molar-refractivity contribution in [3.05, 3.63) is 99.1 Å². The van der Waals surface area contributed by atoms with Gasteiger partial charge in [0.25, 0.3) is 17.9 Å². The van der Waals surface area contributed by atoms with Crippen molar-refractivity contribution in [2.75, 3.05) is 36.5 Å². The van der Waals surface area contributed by atoms with E-state index in [1.165, 1.54) is 0 Å². The number of fused-ring (bicyclic) bond motifs is 3. The van der Waals surface area contributed by atoms with E-state index in [2.05, 4.69) is 20.2 Å². The molecule has 3 amide bonds. The van der Waals surface area contributed by atoms with Crippen LogP contribution in [-0.4, -0.2) is 69.8 Å². The molecule has 9 rings (SSSR count). The molecule has 57 heavy (non-hydrogen) atoms. The van der Waals surface area contributed by atoms with Crippen molar-refractivity contribution >= 4 is 45.7 Å². The van der Waals surface area contributed by atoms with Crippen LogP contribution in [0.5, 0.6) is 5.75 Å². The van der Waals surface area contributed by atoms with E-state index in [0.29, 0.717) is 66.1 Å². The van der Waals surface area contributed by atoms with Crippen LogP contribution in [0.3, 0.4) is 0 Å². The lowest BCUT2D eigenvalue weighted by Gasteiger charge is -2.34. The second-order valence-electron chi connectivity index (χ2n) is 15.6. The summed E-state index contributed by atoms with van der Waals surface area (Å²) in [5.74, 6) is -0.361. The maximum Gasteiger partial charge on any atom is 0.264 e. The van der Waals surface area contributed by atoms with Crippen molar-refractivity contribution in [1.82, 2.24) is 24.6 Å². The summed E-state index contributed by atoms with van der Waals surface area (Å²) in [7, 11) is 3.30. The van der Waals surface area contributed by atoms with Crippen LogP contribution in [0.25, 0.3) is 22.0 Å². The second-order valence-corrected chi connectivity index (χ2v) is 15.6. The number of benzene rings is 3. The van der Waals surface area contributed by atoms with Crippen LogP contribution in [0.2, 0.25) is 0 Å². The quantitative estimate of drug-likeness (QED) is 0.190. The minimum atomic E-state index is -2.72. The number of ether oxygens (including phenoxy) is 1. The summed E-state index contributed by atoms with van der Waals surface area (Å²) in [5.41, 5.74) is 7.11. The van der Waals surface area contributed by atoms with E-state index in [9.17, 15) is 28.0 Å². The first-order chi connectivity index (χ1) is 27.5. The van der Waals surface area contributed by atoms with Crippen LogP contribution in [-0.2, 0) is 29.6 Å². The average molecular weight is 776 g/mol. The number of imide groups is 1. The molecule has 3 aromatic carbocycles. The fraction of sp³-hybridized carbons (Fsp3) is 0.372. The molecular weight excluding hydrogens is 733 g/mol. The van der Waals surface area contributed by atoms with Gasteiger partial charge in [0.15, 0.2) is 0 Å². The molecule has 2 aromatic heterocycles. The Kier molecular flexibility index (Phi) is 9.08. The van der Waals surface area contributed by atoms with Crippen molar-refractivity contribution in [2.24, 2.45) is 7.05 Å². The van der Waals surface area contributed by atoms with Crippen molar-refractivity contribution < 1.29 is 27.9 Å². The van der Waals surface area contributed by atoms with Gasteiger partial charge in [-0.3, -0.25) is 29.2 Å². The Morgan fingerprint density at radius 1 is 0.895 bits per heavy atom. The number of alkyl halides is 2. The molecule has 14 heteroatoms. The van der Waals surface area contributed by atoms with Gasteiger partial charge in [0.2, 0.25) is 11.8 Å². The van der Waals surface area contributed by atoms with E-state index < -0.39 is 18.4 Å². The number of methoxy groups -OCH3 is 1. The van der Waals surface area contributed by atoms with Gasteiger partial charge in [0, 0.05) is 97.0 Å². The SMILES string of the molecule is COc1cc(N2CCCc3cc(-c4cnn(C5CCN(c6ccc7c(c6)C(=O)N(C6CCC(=O)NC6=O)C7)CC5)c4)c(C(F)F)cc32)c2cc(C)c(=O)n(C)c2c1. The predicted octanol–water partition coefficient (Wildman–Crippen LogP) is 6.34. The molecular formula is C43H43F2N7O5. The molecule has 0 spiro atoms. The number of nitrogens with zero attached hydrogens (tertiary/aromatic N) is 6. The van der Waals surface area contributed by atoms with Crippen molar-refractivity contribution in [3.8, 4) is 16.9 Å². The monoisotopic (exact) mass is 775 g/mol. The lowest BCUT2D eigenvalue weighted by atomic mass is 9.92. The molecule has 5 aromatic rings. The fourth-order valence-corrected chi connectivity index (χ4v) is 9.15. The molecule has 294 valence electrons. The maximum atomic E-state index is 15.0. The zero-order valence-electron chi connectivity index (χ0n) is 32.1. The number of carbonyl (C=O) groups is 3. The smallest absolute Gasteiger partial charge is 0.264 e. The van der Waals surface area contributed by atoms with Crippen LogP contribution in [0.4, 0.5) is 25.8 Å². The highest BCUT2D eigenvalue weighted by Crippen LogP contribution is 2.44. The maximum absolute atomic E-state index is 15.0. The van der Waals surface area contributed by atoms with Gasteiger partial charge < -0.3 is 24.0 Å². The highest BCUT2D eigenvalue weighted by atomic mass is 19.3. The van der Waals surface area contributed by atoms with Gasteiger partial charge in [0.1, 0.15) is 11.8 Å². The zero-order valence-corrected chi connectivity index (χ0v) is 32.1. The number of nitrogens with one attached hydrogen (secondary N) is 1. The number of anilines is 3. The molecule has 0 aliphatic carbocycles. The van der Waals surface area contributed by atoms with Gasteiger partial charge in [-0.15, -0.1) is 0 Å². The molecule has 4 aliphatic rings. The van der Waals surface area contributed by atoms with Gasteiger partial charge in [-0.1, -0.05) is 6.07 Å². The summed E-state index contributed by atoms with van der Waals surface area (Å²) < 4.78 is 39.1. The highest BCUT2D eigenvalue weighted by Gasteiger charge is 2.39. The predicted molar refractivity (Wildman–Crippen MR) is 211 cm³/mol. The van der Waals surface area contributed by atoms with E-state index in [4.69, 9.17) is 4.74 Å². The largest absolute Gasteiger partial charge is 0.497 e. The van der Waals surface area contributed by atoms with Gasteiger partial charge >= 0.3 is 0 Å². The van der Waals surface area contributed by atoms with E-state index in [1.807, 2.05) is 53.3 Å². The van der Waals surface area contributed by atoms with Crippen LogP contribution < -0.4 is 25.4 Å². The summed E-state index contributed by atoms with van der Waals surface area (Å²) in [4.78, 5) is 56.3. The van der Waals surface area contributed by atoms with Gasteiger partial charge in [-0.25, -0.2) is 8.78 Å². The van der Waals surface area contributed by atoms with E-state index >= 15 is 0 Å². The lowest BCUT2D eigenvalue weighted by molar-refractivity contribution is -0.136. The Hall–Kier alpha value is -6.05. The number of pyridine rings is 1. The first-order valence-corrected chi connectivity index (χ1v) is 19.5. The standard InChI is InChI=1S/C43H43F2N7O5/c1-24-15-34-37(48(2)42(24)55)18-30(57-3)19-38(34)50-12-4-5-25-16-31(33(40(44)45)20-36(25)50)27-21-46-52(23-27)28-10-13-49(14-11-28)29-7-6-26-22-51(43(56)32(26)17-29)35-8-9-39(53)47-41(35)54/h6-7,15-21,23,28,35,40H,4-5,8-14,22H2,1-3H3,(H,47,53,54). The van der Waals surface area contributed by atoms with E-state index in [-0.39, 0.29) is 35.4 Å². The molecule has 4 aliphatic heterocycles. The van der Waals surface area contributed by atoms with Gasteiger partial charge in [-0.2, -0.15) is 5.10 Å². The van der Waals surface area contributed by atoms with Crippen LogP contribution in [0.1, 0.15) is 77.2 Å². The molecule has 0 radical (unpaired) electrons. The number of halogens is 2. The van der Waals surface area contributed by atoms with Crippen molar-refractivity contribution in [1.29, 1.82) is 0 Å². The normalized spacial score (nSPS) is 18.7. The second kappa shape index (κ2) is 14.2. The Morgan fingerprint density at radius 2 is 1.70 bits per heavy atom. The molecule has 12 nitrogen and oxygen atoms in total. The Balaban J connectivity index is 0.942. The molecule has 2 fully saturated rings. The summed E-state index contributed by atoms with van der Waals surface area (Å²) >= 11 is 0. The lowest BCUT2D eigenvalue weighted by Crippen LogP contribution is -2.52. The molecule has 1 atom stereocenters. The summed E-state index contributed by atoms with van der Waals surface area (Å²) in [6, 6.07) is 14.4. The van der Waals surface area contributed by atoms with Crippen molar-refractivity contribution in [2.45, 2.75) is 70.5 Å². The van der Waals surface area contributed by atoms with Crippen LogP contribution in [0.15, 0.2) is 65.7 Å². The van der Waals surface area contributed by atoms with Crippen LogP contribution in [0, 0.1) is 6.92 Å². The molecule has 6 heterocycles. The third-order valence-corrected chi connectivity index (χ3v) is 12.2. The molecule has 1 unspecified atom stereocenters. The zero-order chi connectivity index (χ0) is 39.7. The molecule has 2 saturated heterocycles. The van der Waals surface area contributed by atoms with Gasteiger partial charge in [-0.05, 0) is 86.1 Å². The topological polar surface area (TPSA) is 122 Å². The number of piperidine rings is 2. The summed E-state index contributed by atoms with van der Waals surface area (Å²) in [5, 5.41) is 7.88. The number of amides is 3. The first-order valence-electron chi connectivity index (χ1n) is 19.5. The number of hydrogen-bond donors (Lipinski definition) is 1. The Labute approximate surface area is 327 Å². The number of aromatic nitrogens is 3. The molecule has 0 bridgehead atoms. The number of aryl methyl sites for hydroxylation is 3. The third kappa shape index (κ3) is 6.31. The minimum Gasteiger partial charge on any atom is -0.497 e. The van der Waals surface area contributed by atoms with Gasteiger partial charge in [0.05, 0.1) is 30.6 Å². The van der Waals surface area contributed by atoms with E-state index in [0.717, 1.165) is 59.3 Å². The highest BCUT2D eigenvalue weighted by molar-refractivity contribution is 6.05. The Morgan fingerprint density at radius 3 is 2.46 bits per heavy atom. The Bertz CT molecular complexity index is 2540. The first kappa shape index (κ1) is 36.6. The third-order valence-electron chi connectivity index (χ3n) is 12.2. The number of carbonyl (C=O) groups excluding carboxylic acids is 3. The molecule has 1 N–H and O–H groups in total. The summed E-state index contributed by atoms with van der Waals surface area (Å²) in [6.07, 6.45) is 4.47.